The molecule has 16 heavy (non-hydrogen) atoms. The number of piperidine rings is 1. The summed E-state index contributed by atoms with van der Waals surface area (Å²) in [6, 6.07) is 9.11. The number of likely N-dealkylation sites (tertiary alicyclic amines) is 1. The van der Waals surface area contributed by atoms with Gasteiger partial charge in [0.15, 0.2) is 0 Å². The molecule has 0 radical (unpaired) electrons. The number of benzene rings is 1. The van der Waals surface area contributed by atoms with Crippen LogP contribution in [0.25, 0.3) is 0 Å². The van der Waals surface area contributed by atoms with Crippen LogP contribution in [-0.2, 0) is 6.54 Å². The number of hydrogen-bond donors (Lipinski definition) is 1. The Labute approximate surface area is 106 Å². The molecule has 0 aliphatic carbocycles. The number of nitrogens with one attached hydrogen (secondary N) is 1. The molecule has 3 heteroatoms. The van der Waals surface area contributed by atoms with Crippen molar-refractivity contribution in [3.05, 3.63) is 34.3 Å². The summed E-state index contributed by atoms with van der Waals surface area (Å²) >= 11 is 3.58. The van der Waals surface area contributed by atoms with Crippen LogP contribution >= 0.6 is 15.9 Å². The molecule has 0 aromatic heterocycles. The molecule has 1 fully saturated rings. The zero-order valence-electron chi connectivity index (χ0n) is 9.75. The van der Waals surface area contributed by atoms with E-state index in [2.05, 4.69) is 57.5 Å². The fraction of sp³-hybridized carbons (Fsp3) is 0.538. The summed E-state index contributed by atoms with van der Waals surface area (Å²) in [7, 11) is 2.20. The first kappa shape index (κ1) is 12.1. The first-order chi connectivity index (χ1) is 7.75. The van der Waals surface area contributed by atoms with Crippen molar-refractivity contribution in [2.75, 3.05) is 20.1 Å². The van der Waals surface area contributed by atoms with Crippen LogP contribution in [0.2, 0.25) is 0 Å². The van der Waals surface area contributed by atoms with Gasteiger partial charge in [0.05, 0.1) is 0 Å². The Morgan fingerprint density at radius 3 is 2.69 bits per heavy atom. The number of nitrogens with zero attached hydrogens (tertiary/aromatic N) is 1. The highest BCUT2D eigenvalue weighted by Crippen LogP contribution is 2.16. The third kappa shape index (κ3) is 3.30. The van der Waals surface area contributed by atoms with Crippen molar-refractivity contribution in [3.63, 3.8) is 0 Å². The minimum atomic E-state index is 0.684. The minimum Gasteiger partial charge on any atom is -0.310 e. The Morgan fingerprint density at radius 2 is 2.00 bits per heavy atom. The average Bonchev–Trinajstić information content (AvgIpc) is 2.30. The monoisotopic (exact) mass is 282 g/mol. The quantitative estimate of drug-likeness (QED) is 0.917. The normalized spacial score (nSPS) is 18.9. The molecule has 2 rings (SSSR count). The van der Waals surface area contributed by atoms with Gasteiger partial charge in [0, 0.05) is 17.1 Å². The standard InChI is InChI=1S/C13H19BrN2/c1-16-8-6-12(7-9-16)15-10-11-4-2-3-5-13(11)14/h2-5,12,15H,6-10H2,1H3. The van der Waals surface area contributed by atoms with Gasteiger partial charge in [-0.25, -0.2) is 0 Å². The Kier molecular flexibility index (Phi) is 4.38. The highest BCUT2D eigenvalue weighted by molar-refractivity contribution is 9.10. The molecule has 1 aliphatic heterocycles. The number of rotatable bonds is 3. The topological polar surface area (TPSA) is 15.3 Å². The molecule has 2 nitrogen and oxygen atoms in total. The molecule has 0 saturated carbocycles. The van der Waals surface area contributed by atoms with Crippen LogP contribution < -0.4 is 5.32 Å². The lowest BCUT2D eigenvalue weighted by Gasteiger charge is -2.29. The van der Waals surface area contributed by atoms with Crippen LogP contribution in [0.3, 0.4) is 0 Å². The molecule has 1 saturated heterocycles. The Balaban J connectivity index is 1.81. The van der Waals surface area contributed by atoms with Gasteiger partial charge < -0.3 is 10.2 Å². The van der Waals surface area contributed by atoms with Crippen LogP contribution in [0.5, 0.6) is 0 Å². The van der Waals surface area contributed by atoms with Gasteiger partial charge in [-0.2, -0.15) is 0 Å². The van der Waals surface area contributed by atoms with Gasteiger partial charge in [-0.05, 0) is 44.6 Å². The third-order valence-electron chi connectivity index (χ3n) is 3.26. The smallest absolute Gasteiger partial charge is 0.0220 e. The molecule has 1 aliphatic rings. The lowest BCUT2D eigenvalue weighted by atomic mass is 10.1. The first-order valence-corrected chi connectivity index (χ1v) is 6.70. The van der Waals surface area contributed by atoms with Gasteiger partial charge in [-0.1, -0.05) is 34.1 Å². The second kappa shape index (κ2) is 5.80. The van der Waals surface area contributed by atoms with Gasteiger partial charge in [0.25, 0.3) is 0 Å². The summed E-state index contributed by atoms with van der Waals surface area (Å²) in [5.41, 5.74) is 1.35. The van der Waals surface area contributed by atoms with Crippen molar-refractivity contribution >= 4 is 15.9 Å². The van der Waals surface area contributed by atoms with Gasteiger partial charge in [0.2, 0.25) is 0 Å². The summed E-state index contributed by atoms with van der Waals surface area (Å²) in [4.78, 5) is 2.40. The highest BCUT2D eigenvalue weighted by Gasteiger charge is 2.15. The zero-order chi connectivity index (χ0) is 11.4. The lowest BCUT2D eigenvalue weighted by molar-refractivity contribution is 0.234. The summed E-state index contributed by atoms with van der Waals surface area (Å²) in [6.07, 6.45) is 2.53. The van der Waals surface area contributed by atoms with E-state index in [0.717, 1.165) is 6.54 Å². The van der Waals surface area contributed by atoms with Crippen molar-refractivity contribution in [1.29, 1.82) is 0 Å². The Hall–Kier alpha value is -0.380. The SMILES string of the molecule is CN1CCC(NCc2ccccc2Br)CC1. The van der Waals surface area contributed by atoms with Crippen molar-refractivity contribution in [1.82, 2.24) is 10.2 Å². The van der Waals surface area contributed by atoms with Crippen molar-refractivity contribution in [3.8, 4) is 0 Å². The van der Waals surface area contributed by atoms with E-state index >= 15 is 0 Å². The van der Waals surface area contributed by atoms with Crippen molar-refractivity contribution < 1.29 is 0 Å². The van der Waals surface area contributed by atoms with Crippen LogP contribution in [0, 0.1) is 0 Å². The molecular weight excluding hydrogens is 264 g/mol. The van der Waals surface area contributed by atoms with Gasteiger partial charge >= 0.3 is 0 Å². The predicted octanol–water partition coefficient (Wildman–Crippen LogP) is 2.63. The second-order valence-electron chi connectivity index (χ2n) is 4.55. The van der Waals surface area contributed by atoms with Gasteiger partial charge in [-0.3, -0.25) is 0 Å². The van der Waals surface area contributed by atoms with Crippen LogP contribution in [0.1, 0.15) is 18.4 Å². The number of halogens is 1. The fourth-order valence-corrected chi connectivity index (χ4v) is 2.53. The maximum atomic E-state index is 3.64. The third-order valence-corrected chi connectivity index (χ3v) is 4.03. The Morgan fingerprint density at radius 1 is 1.31 bits per heavy atom. The molecule has 0 amide bonds. The first-order valence-electron chi connectivity index (χ1n) is 5.91. The molecule has 0 spiro atoms. The molecule has 0 atom stereocenters. The summed E-state index contributed by atoms with van der Waals surface area (Å²) in [5.74, 6) is 0. The largest absolute Gasteiger partial charge is 0.310 e. The van der Waals surface area contributed by atoms with E-state index in [1.807, 2.05) is 0 Å². The van der Waals surface area contributed by atoms with E-state index in [0.29, 0.717) is 6.04 Å². The average molecular weight is 283 g/mol. The fourth-order valence-electron chi connectivity index (χ4n) is 2.11. The predicted molar refractivity (Wildman–Crippen MR) is 71.5 cm³/mol. The van der Waals surface area contributed by atoms with Crippen LogP contribution in [-0.4, -0.2) is 31.1 Å². The summed E-state index contributed by atoms with van der Waals surface area (Å²) in [6.45, 7) is 3.40. The van der Waals surface area contributed by atoms with E-state index < -0.39 is 0 Å². The molecule has 1 aromatic carbocycles. The zero-order valence-corrected chi connectivity index (χ0v) is 11.3. The van der Waals surface area contributed by atoms with Gasteiger partial charge in [-0.15, -0.1) is 0 Å². The Bertz CT molecular complexity index is 332. The maximum Gasteiger partial charge on any atom is 0.0220 e. The lowest BCUT2D eigenvalue weighted by Crippen LogP contribution is -2.40. The van der Waals surface area contributed by atoms with Crippen molar-refractivity contribution in [2.24, 2.45) is 0 Å². The van der Waals surface area contributed by atoms with Crippen LogP contribution in [0.4, 0.5) is 0 Å². The van der Waals surface area contributed by atoms with Crippen LogP contribution in [0.15, 0.2) is 28.7 Å². The maximum absolute atomic E-state index is 3.64. The molecule has 88 valence electrons. The molecule has 1 N–H and O–H groups in total. The van der Waals surface area contributed by atoms with E-state index in [9.17, 15) is 0 Å². The highest BCUT2D eigenvalue weighted by atomic mass is 79.9. The van der Waals surface area contributed by atoms with E-state index in [-0.39, 0.29) is 0 Å². The second-order valence-corrected chi connectivity index (χ2v) is 5.40. The minimum absolute atomic E-state index is 0.684. The molecular formula is C13H19BrN2. The molecule has 1 heterocycles. The van der Waals surface area contributed by atoms with E-state index in [1.165, 1.54) is 36.0 Å². The van der Waals surface area contributed by atoms with E-state index in [4.69, 9.17) is 0 Å². The molecule has 0 unspecified atom stereocenters. The van der Waals surface area contributed by atoms with Gasteiger partial charge in [0.1, 0.15) is 0 Å². The molecule has 1 aromatic rings. The summed E-state index contributed by atoms with van der Waals surface area (Å²) in [5, 5.41) is 3.64. The van der Waals surface area contributed by atoms with Crippen molar-refractivity contribution in [2.45, 2.75) is 25.4 Å². The van der Waals surface area contributed by atoms with E-state index in [1.54, 1.807) is 0 Å². The number of hydrogen-bond acceptors (Lipinski definition) is 2. The summed E-state index contributed by atoms with van der Waals surface area (Å²) < 4.78 is 1.20. The molecule has 0 bridgehead atoms.